The van der Waals surface area contributed by atoms with Crippen LogP contribution in [0.1, 0.15) is 52.4 Å². The summed E-state index contributed by atoms with van der Waals surface area (Å²) < 4.78 is 0. The highest BCUT2D eigenvalue weighted by Crippen LogP contribution is 2.14. The highest BCUT2D eigenvalue weighted by molar-refractivity contribution is 6.10. The molecule has 0 amide bonds. The van der Waals surface area contributed by atoms with Crippen LogP contribution in [0.15, 0.2) is 23.3 Å². The summed E-state index contributed by atoms with van der Waals surface area (Å²) in [5.74, 6) is 0. The first-order valence-corrected chi connectivity index (χ1v) is 9.40. The number of piperazine rings is 1. The van der Waals surface area contributed by atoms with Gasteiger partial charge in [-0.05, 0) is 39.7 Å². The lowest BCUT2D eigenvalue weighted by Crippen LogP contribution is -2.44. The molecule has 1 saturated heterocycles. The van der Waals surface area contributed by atoms with Crippen molar-refractivity contribution in [3.63, 3.8) is 0 Å². The van der Waals surface area contributed by atoms with E-state index in [9.17, 15) is 0 Å². The van der Waals surface area contributed by atoms with Crippen molar-refractivity contribution in [2.75, 3.05) is 39.8 Å². The Bertz CT molecular complexity index is 341. The number of allylic oxidation sites excluding steroid dienone is 3. The molecular formula is C19H37BN2. The third-order valence-corrected chi connectivity index (χ3v) is 4.72. The maximum absolute atomic E-state index is 2.59. The molecule has 1 rings (SSSR count). The van der Waals surface area contributed by atoms with Gasteiger partial charge in [0.2, 0.25) is 0 Å². The van der Waals surface area contributed by atoms with E-state index in [2.05, 4.69) is 50.7 Å². The lowest BCUT2D eigenvalue weighted by molar-refractivity contribution is 0.164. The Kier molecular flexibility index (Phi) is 10.6. The van der Waals surface area contributed by atoms with Crippen molar-refractivity contribution in [2.24, 2.45) is 0 Å². The van der Waals surface area contributed by atoms with E-state index in [-0.39, 0.29) is 0 Å². The fourth-order valence-corrected chi connectivity index (χ4v) is 3.05. The zero-order chi connectivity index (χ0) is 16.2. The summed E-state index contributed by atoms with van der Waals surface area (Å²) in [6.45, 7) is 10.6. The predicted molar refractivity (Wildman–Crippen MR) is 103 cm³/mol. The molecular weight excluding hydrogens is 267 g/mol. The molecule has 0 aromatic carbocycles. The standard InChI is InChI=1S/C19H37BN2/c1-4-5-6-7-10-19(16-20)11-8-9-18(2)17-22-14-12-21(3)13-15-22/h9-10H,4-8,11-17,20H2,1-3H3/b18-9-,19-10+. The first-order chi connectivity index (χ1) is 10.7. The molecule has 0 unspecified atom stereocenters. The van der Waals surface area contributed by atoms with Crippen molar-refractivity contribution in [3.05, 3.63) is 23.3 Å². The molecule has 1 heterocycles. The van der Waals surface area contributed by atoms with Gasteiger partial charge in [-0.25, -0.2) is 0 Å². The molecule has 0 bridgehead atoms. The minimum absolute atomic E-state index is 1.16. The molecule has 0 atom stereocenters. The lowest BCUT2D eigenvalue weighted by atomic mass is 9.92. The number of likely N-dealkylation sites (N-methyl/N-ethyl adjacent to an activating group) is 1. The van der Waals surface area contributed by atoms with E-state index in [4.69, 9.17) is 0 Å². The average molecular weight is 304 g/mol. The van der Waals surface area contributed by atoms with Gasteiger partial charge in [-0.15, -0.1) is 0 Å². The lowest BCUT2D eigenvalue weighted by Gasteiger charge is -2.32. The summed E-state index contributed by atoms with van der Waals surface area (Å²) in [7, 11) is 4.52. The molecule has 22 heavy (non-hydrogen) atoms. The number of hydrogen-bond donors (Lipinski definition) is 0. The van der Waals surface area contributed by atoms with Crippen LogP contribution < -0.4 is 0 Å². The van der Waals surface area contributed by atoms with Crippen LogP contribution in [0.2, 0.25) is 6.32 Å². The van der Waals surface area contributed by atoms with E-state index in [1.54, 1.807) is 11.1 Å². The van der Waals surface area contributed by atoms with Gasteiger partial charge in [0.05, 0.1) is 0 Å². The molecule has 0 aromatic rings. The molecule has 126 valence electrons. The van der Waals surface area contributed by atoms with Gasteiger partial charge < -0.3 is 4.90 Å². The Hall–Kier alpha value is -0.535. The molecule has 1 aliphatic heterocycles. The summed E-state index contributed by atoms with van der Waals surface area (Å²) in [6.07, 6.45) is 14.0. The van der Waals surface area contributed by atoms with E-state index >= 15 is 0 Å². The normalized spacial score (nSPS) is 18.9. The van der Waals surface area contributed by atoms with E-state index < -0.39 is 0 Å². The highest BCUT2D eigenvalue weighted by Gasteiger charge is 2.13. The molecule has 0 N–H and O–H groups in total. The molecule has 0 aromatic heterocycles. The van der Waals surface area contributed by atoms with Crippen LogP contribution in [-0.4, -0.2) is 57.4 Å². The molecule has 3 heteroatoms. The van der Waals surface area contributed by atoms with Crippen LogP contribution in [0, 0.1) is 0 Å². The van der Waals surface area contributed by atoms with Gasteiger partial charge in [0.15, 0.2) is 0 Å². The van der Waals surface area contributed by atoms with Gasteiger partial charge in [0.25, 0.3) is 0 Å². The second-order valence-corrected chi connectivity index (χ2v) is 6.88. The molecule has 1 aliphatic rings. The monoisotopic (exact) mass is 304 g/mol. The van der Waals surface area contributed by atoms with Gasteiger partial charge in [-0.1, -0.05) is 49.4 Å². The Morgan fingerprint density at radius 1 is 1.05 bits per heavy atom. The highest BCUT2D eigenvalue weighted by atomic mass is 15.2. The molecule has 0 radical (unpaired) electrons. The van der Waals surface area contributed by atoms with Crippen LogP contribution in [-0.2, 0) is 0 Å². The molecule has 1 fully saturated rings. The van der Waals surface area contributed by atoms with Crippen LogP contribution in [0.3, 0.4) is 0 Å². The smallest absolute Gasteiger partial charge is 0.106 e. The van der Waals surface area contributed by atoms with Crippen molar-refractivity contribution in [2.45, 2.75) is 58.7 Å². The first-order valence-electron chi connectivity index (χ1n) is 9.40. The summed E-state index contributed by atoms with van der Waals surface area (Å²) in [5, 5.41) is 0. The van der Waals surface area contributed by atoms with Crippen molar-refractivity contribution < 1.29 is 0 Å². The van der Waals surface area contributed by atoms with Crippen LogP contribution in [0.25, 0.3) is 0 Å². The van der Waals surface area contributed by atoms with Crippen molar-refractivity contribution >= 4 is 7.85 Å². The minimum atomic E-state index is 1.16. The van der Waals surface area contributed by atoms with Crippen molar-refractivity contribution in [1.29, 1.82) is 0 Å². The zero-order valence-corrected chi connectivity index (χ0v) is 15.5. The second-order valence-electron chi connectivity index (χ2n) is 6.88. The SMILES string of the molecule is BC/C(=C/CCCCC)CC/C=C(/C)CN1CCN(C)CC1. The largest absolute Gasteiger partial charge is 0.304 e. The van der Waals surface area contributed by atoms with Crippen LogP contribution >= 0.6 is 0 Å². The summed E-state index contributed by atoms with van der Waals surface area (Å²) in [4.78, 5) is 5.01. The van der Waals surface area contributed by atoms with E-state index in [1.807, 2.05) is 0 Å². The number of unbranched alkanes of at least 4 members (excludes halogenated alkanes) is 3. The van der Waals surface area contributed by atoms with Crippen molar-refractivity contribution in [3.8, 4) is 0 Å². The minimum Gasteiger partial charge on any atom is -0.304 e. The van der Waals surface area contributed by atoms with Crippen LogP contribution in [0.5, 0.6) is 0 Å². The van der Waals surface area contributed by atoms with Gasteiger partial charge in [0, 0.05) is 32.7 Å². The number of hydrogen-bond acceptors (Lipinski definition) is 2. The topological polar surface area (TPSA) is 6.48 Å². The molecule has 0 saturated carbocycles. The molecule has 2 nitrogen and oxygen atoms in total. The predicted octanol–water partition coefficient (Wildman–Crippen LogP) is 3.52. The van der Waals surface area contributed by atoms with E-state index in [1.165, 1.54) is 71.0 Å². The van der Waals surface area contributed by atoms with Crippen molar-refractivity contribution in [1.82, 2.24) is 9.80 Å². The Labute approximate surface area is 140 Å². The second kappa shape index (κ2) is 12.0. The van der Waals surface area contributed by atoms with Gasteiger partial charge in [0.1, 0.15) is 7.85 Å². The Balaban J connectivity index is 2.24. The number of nitrogens with zero attached hydrogens (tertiary/aromatic N) is 2. The fourth-order valence-electron chi connectivity index (χ4n) is 3.05. The summed E-state index contributed by atoms with van der Waals surface area (Å²) >= 11 is 0. The van der Waals surface area contributed by atoms with Gasteiger partial charge >= 0.3 is 0 Å². The Morgan fingerprint density at radius 3 is 2.41 bits per heavy atom. The first kappa shape index (κ1) is 19.5. The quantitative estimate of drug-likeness (QED) is 0.346. The maximum atomic E-state index is 2.59. The molecule has 0 spiro atoms. The summed E-state index contributed by atoms with van der Waals surface area (Å²) in [5.41, 5.74) is 3.20. The van der Waals surface area contributed by atoms with Gasteiger partial charge in [-0.2, -0.15) is 0 Å². The fraction of sp³-hybridized carbons (Fsp3) is 0.789. The maximum Gasteiger partial charge on any atom is 0.106 e. The van der Waals surface area contributed by atoms with Crippen LogP contribution in [0.4, 0.5) is 0 Å². The number of rotatable bonds is 10. The molecule has 0 aliphatic carbocycles. The third-order valence-electron chi connectivity index (χ3n) is 4.72. The third kappa shape index (κ3) is 8.80. The zero-order valence-electron chi connectivity index (χ0n) is 15.5. The Morgan fingerprint density at radius 2 is 1.77 bits per heavy atom. The average Bonchev–Trinajstić information content (AvgIpc) is 2.52. The van der Waals surface area contributed by atoms with E-state index in [0.29, 0.717) is 0 Å². The van der Waals surface area contributed by atoms with E-state index in [0.717, 1.165) is 6.54 Å². The summed E-state index contributed by atoms with van der Waals surface area (Å²) in [6, 6.07) is 0. The van der Waals surface area contributed by atoms with Gasteiger partial charge in [-0.3, -0.25) is 4.90 Å².